The van der Waals surface area contributed by atoms with Crippen molar-refractivity contribution in [3.8, 4) is 6.07 Å². The first-order valence-electron chi connectivity index (χ1n) is 4.68. The summed E-state index contributed by atoms with van der Waals surface area (Å²) in [6, 6.07) is 3.67. The Labute approximate surface area is 106 Å². The van der Waals surface area contributed by atoms with Crippen molar-refractivity contribution in [2.45, 2.75) is 6.54 Å². The lowest BCUT2D eigenvalue weighted by Gasteiger charge is -1.99. The quantitative estimate of drug-likeness (QED) is 0.884. The zero-order chi connectivity index (χ0) is 12.3. The van der Waals surface area contributed by atoms with Crippen LogP contribution in [0.1, 0.15) is 21.1 Å². The number of nitriles is 1. The van der Waals surface area contributed by atoms with E-state index in [1.165, 1.54) is 22.7 Å². The number of carbonyl (C=O) groups excluding carboxylic acids is 1. The maximum absolute atomic E-state index is 11.8. The number of thiophene rings is 1. The largest absolute Gasteiger partial charge is 0.325 e. The van der Waals surface area contributed by atoms with E-state index in [9.17, 15) is 4.79 Å². The van der Waals surface area contributed by atoms with Crippen molar-refractivity contribution < 1.29 is 4.79 Å². The molecule has 0 atom stereocenters. The first-order valence-corrected chi connectivity index (χ1v) is 6.44. The fraction of sp³-hybridized carbons (Fsp3) is 0.100. The van der Waals surface area contributed by atoms with Gasteiger partial charge in [0.05, 0.1) is 5.56 Å². The molecule has 7 heteroatoms. The van der Waals surface area contributed by atoms with Gasteiger partial charge in [-0.3, -0.25) is 4.79 Å². The van der Waals surface area contributed by atoms with Gasteiger partial charge in [0.25, 0.3) is 5.91 Å². The Hall–Kier alpha value is -1.75. The van der Waals surface area contributed by atoms with Gasteiger partial charge in [0.1, 0.15) is 21.8 Å². The molecule has 1 amide bonds. The second kappa shape index (κ2) is 5.05. The van der Waals surface area contributed by atoms with E-state index in [1.54, 1.807) is 16.8 Å². The lowest BCUT2D eigenvalue weighted by Crippen LogP contribution is -2.12. The summed E-state index contributed by atoms with van der Waals surface area (Å²) in [5.41, 5.74) is 6.20. The van der Waals surface area contributed by atoms with Crippen LogP contribution in [0.3, 0.4) is 0 Å². The summed E-state index contributed by atoms with van der Waals surface area (Å²) < 4.78 is 0. The van der Waals surface area contributed by atoms with E-state index in [0.717, 1.165) is 0 Å². The highest BCUT2D eigenvalue weighted by atomic mass is 32.1. The van der Waals surface area contributed by atoms with Crippen molar-refractivity contribution >= 4 is 33.6 Å². The van der Waals surface area contributed by atoms with E-state index in [1.807, 2.05) is 6.07 Å². The molecule has 0 saturated carbocycles. The monoisotopic (exact) mass is 264 g/mol. The van der Waals surface area contributed by atoms with Crippen LogP contribution in [0.2, 0.25) is 0 Å². The minimum atomic E-state index is -0.320. The normalized spacial score (nSPS) is 9.88. The fourth-order valence-corrected chi connectivity index (χ4v) is 2.56. The average Bonchev–Trinajstić information content (AvgIpc) is 2.96. The number of anilines is 1. The van der Waals surface area contributed by atoms with Crippen molar-refractivity contribution in [3.05, 3.63) is 33.1 Å². The molecule has 0 aliphatic heterocycles. The minimum absolute atomic E-state index is 0.320. The molecular weight excluding hydrogens is 256 g/mol. The van der Waals surface area contributed by atoms with Gasteiger partial charge in [0.2, 0.25) is 0 Å². The van der Waals surface area contributed by atoms with E-state index in [0.29, 0.717) is 27.8 Å². The highest BCUT2D eigenvalue weighted by Crippen LogP contribution is 2.23. The number of rotatable bonds is 3. The molecule has 2 rings (SSSR count). The molecule has 2 heterocycles. The summed E-state index contributed by atoms with van der Waals surface area (Å²) in [6.07, 6.45) is 0. The number of hydrogen-bond donors (Lipinski definition) is 2. The molecule has 0 aliphatic carbocycles. The molecule has 0 aliphatic rings. The van der Waals surface area contributed by atoms with Crippen LogP contribution in [0.4, 0.5) is 5.00 Å². The molecule has 5 nitrogen and oxygen atoms in total. The number of thiazole rings is 1. The predicted molar refractivity (Wildman–Crippen MR) is 67.0 cm³/mol. The van der Waals surface area contributed by atoms with Crippen LogP contribution in [0.25, 0.3) is 0 Å². The molecule has 2 aromatic heterocycles. The third-order valence-corrected chi connectivity index (χ3v) is 3.67. The van der Waals surface area contributed by atoms with Crippen LogP contribution >= 0.6 is 22.7 Å². The third-order valence-electron chi connectivity index (χ3n) is 1.97. The van der Waals surface area contributed by atoms with Crippen molar-refractivity contribution in [3.63, 3.8) is 0 Å². The third kappa shape index (κ3) is 2.50. The molecule has 86 valence electrons. The van der Waals surface area contributed by atoms with E-state index in [-0.39, 0.29) is 5.91 Å². The number of carbonyl (C=O) groups is 1. The van der Waals surface area contributed by atoms with Crippen LogP contribution < -0.4 is 11.1 Å². The smallest absolute Gasteiger partial charge is 0.275 e. The van der Waals surface area contributed by atoms with E-state index in [4.69, 9.17) is 11.0 Å². The van der Waals surface area contributed by atoms with E-state index in [2.05, 4.69) is 10.3 Å². The average molecular weight is 264 g/mol. The van der Waals surface area contributed by atoms with E-state index < -0.39 is 0 Å². The standard InChI is InChI=1S/C10H8N4OS2/c11-3-6-1-2-16-10(6)14-9(15)7-5-17-8(4-12)13-7/h1-2,5H,4,12H2,(H,14,15). The number of nitrogens with one attached hydrogen (secondary N) is 1. The Morgan fingerprint density at radius 1 is 1.59 bits per heavy atom. The van der Waals surface area contributed by atoms with Crippen molar-refractivity contribution in [2.75, 3.05) is 5.32 Å². The maximum atomic E-state index is 11.8. The zero-order valence-corrected chi connectivity index (χ0v) is 10.3. The Bertz CT molecular complexity index is 581. The van der Waals surface area contributed by atoms with Crippen LogP contribution in [0.15, 0.2) is 16.8 Å². The second-order valence-corrected chi connectivity index (χ2v) is 4.92. The lowest BCUT2D eigenvalue weighted by atomic mass is 10.3. The summed E-state index contributed by atoms with van der Waals surface area (Å²) >= 11 is 2.65. The van der Waals surface area contributed by atoms with Crippen molar-refractivity contribution in [2.24, 2.45) is 5.73 Å². The van der Waals surface area contributed by atoms with Gasteiger partial charge in [-0.2, -0.15) is 5.26 Å². The molecule has 0 spiro atoms. The molecule has 0 radical (unpaired) electrons. The molecule has 17 heavy (non-hydrogen) atoms. The van der Waals surface area contributed by atoms with Crippen molar-refractivity contribution in [1.29, 1.82) is 5.26 Å². The van der Waals surface area contributed by atoms with Crippen molar-refractivity contribution in [1.82, 2.24) is 4.98 Å². The maximum Gasteiger partial charge on any atom is 0.275 e. The van der Waals surface area contributed by atoms with Gasteiger partial charge in [-0.15, -0.1) is 22.7 Å². The Morgan fingerprint density at radius 3 is 3.06 bits per heavy atom. The zero-order valence-electron chi connectivity index (χ0n) is 8.64. The Morgan fingerprint density at radius 2 is 2.41 bits per heavy atom. The molecule has 0 unspecified atom stereocenters. The first-order chi connectivity index (χ1) is 8.24. The SMILES string of the molecule is N#Cc1ccsc1NC(=O)c1csc(CN)n1. The highest BCUT2D eigenvalue weighted by molar-refractivity contribution is 7.14. The predicted octanol–water partition coefficient (Wildman–Crippen LogP) is 1.79. The molecule has 3 N–H and O–H groups in total. The molecular formula is C10H8N4OS2. The van der Waals surface area contributed by atoms with Gasteiger partial charge in [-0.05, 0) is 11.4 Å². The number of nitrogens with two attached hydrogens (primary N) is 1. The Kier molecular flexibility index (Phi) is 3.49. The number of nitrogens with zero attached hydrogens (tertiary/aromatic N) is 2. The minimum Gasteiger partial charge on any atom is -0.325 e. The van der Waals surface area contributed by atoms with Gasteiger partial charge in [-0.1, -0.05) is 0 Å². The number of hydrogen-bond acceptors (Lipinski definition) is 6. The molecule has 0 aromatic carbocycles. The van der Waals surface area contributed by atoms with Gasteiger partial charge in [-0.25, -0.2) is 4.98 Å². The van der Waals surface area contributed by atoms with Crippen LogP contribution in [-0.2, 0) is 6.54 Å². The fourth-order valence-electron chi connectivity index (χ4n) is 1.17. The van der Waals surface area contributed by atoms with Crippen LogP contribution in [0.5, 0.6) is 0 Å². The number of amides is 1. The molecule has 0 bridgehead atoms. The lowest BCUT2D eigenvalue weighted by molar-refractivity contribution is 0.102. The summed E-state index contributed by atoms with van der Waals surface area (Å²) in [6.45, 7) is 0.320. The summed E-state index contributed by atoms with van der Waals surface area (Å²) in [7, 11) is 0. The van der Waals surface area contributed by atoms with Crippen LogP contribution in [0, 0.1) is 11.3 Å². The molecule has 2 aromatic rings. The highest BCUT2D eigenvalue weighted by Gasteiger charge is 2.13. The molecule has 0 fully saturated rings. The van der Waals surface area contributed by atoms with Gasteiger partial charge < -0.3 is 11.1 Å². The van der Waals surface area contributed by atoms with Gasteiger partial charge >= 0.3 is 0 Å². The summed E-state index contributed by atoms with van der Waals surface area (Å²) in [5, 5.41) is 16.1. The summed E-state index contributed by atoms with van der Waals surface area (Å²) in [5.74, 6) is -0.320. The topological polar surface area (TPSA) is 91.8 Å². The number of aromatic nitrogens is 1. The van der Waals surface area contributed by atoms with Crippen LogP contribution in [-0.4, -0.2) is 10.9 Å². The molecule has 0 saturated heterocycles. The van der Waals surface area contributed by atoms with Gasteiger partial charge in [0, 0.05) is 11.9 Å². The second-order valence-electron chi connectivity index (χ2n) is 3.06. The Balaban J connectivity index is 2.15. The summed E-state index contributed by atoms with van der Waals surface area (Å²) in [4.78, 5) is 15.9. The first kappa shape index (κ1) is 11.7. The van der Waals surface area contributed by atoms with Gasteiger partial charge in [0.15, 0.2) is 0 Å². The van der Waals surface area contributed by atoms with E-state index >= 15 is 0 Å².